The highest BCUT2D eigenvalue weighted by Crippen LogP contribution is 2.24. The molecule has 0 saturated heterocycles. The molecule has 0 aliphatic carbocycles. The molecule has 4 aromatic rings. The smallest absolute Gasteiger partial charge is 0.348 e. The van der Waals surface area contributed by atoms with Crippen LogP contribution < -0.4 is 5.32 Å². The van der Waals surface area contributed by atoms with Gasteiger partial charge in [0.25, 0.3) is 5.91 Å². The number of methoxy groups -OCH3 is 1. The quantitative estimate of drug-likeness (QED) is 0.500. The van der Waals surface area contributed by atoms with E-state index in [-0.39, 0.29) is 11.7 Å². The van der Waals surface area contributed by atoms with Crippen LogP contribution in [0, 0.1) is 5.82 Å². The number of hydrogen-bond acceptors (Lipinski definition) is 5. The molecule has 2 heterocycles. The second-order valence-corrected chi connectivity index (χ2v) is 7.02. The number of fused-ring (bicyclic) bond motifs is 1. The lowest BCUT2D eigenvalue weighted by Crippen LogP contribution is -2.09. The number of carbonyl (C=O) groups excluding carboxylic acids is 2. The summed E-state index contributed by atoms with van der Waals surface area (Å²) in [7, 11) is 1.29. The largest absolute Gasteiger partial charge is 0.465 e. The van der Waals surface area contributed by atoms with Gasteiger partial charge < -0.3 is 15.0 Å². The molecule has 4 rings (SSSR count). The van der Waals surface area contributed by atoms with Crippen LogP contribution in [-0.4, -0.2) is 29.0 Å². The maximum atomic E-state index is 13.1. The molecule has 6 nitrogen and oxygen atoms in total. The van der Waals surface area contributed by atoms with Gasteiger partial charge >= 0.3 is 5.97 Å². The van der Waals surface area contributed by atoms with Crippen LogP contribution >= 0.6 is 11.3 Å². The van der Waals surface area contributed by atoms with Crippen molar-refractivity contribution >= 4 is 39.9 Å². The Morgan fingerprint density at radius 2 is 1.82 bits per heavy atom. The number of halogens is 1. The van der Waals surface area contributed by atoms with Crippen LogP contribution in [0.1, 0.15) is 19.3 Å². The van der Waals surface area contributed by atoms with Crippen molar-refractivity contribution < 1.29 is 18.7 Å². The third-order valence-electron chi connectivity index (χ3n) is 4.07. The number of carbonyl (C=O) groups is 2. The summed E-state index contributed by atoms with van der Waals surface area (Å²) in [5.41, 5.74) is 2.80. The summed E-state index contributed by atoms with van der Waals surface area (Å²) in [6.07, 6.45) is 0. The van der Waals surface area contributed by atoms with E-state index in [1.807, 2.05) is 0 Å². The van der Waals surface area contributed by atoms with Crippen LogP contribution in [0.5, 0.6) is 0 Å². The Morgan fingerprint density at radius 3 is 2.57 bits per heavy atom. The molecule has 2 aromatic heterocycles. The highest BCUT2D eigenvalue weighted by molar-refractivity contribution is 7.16. The number of hydrogen-bond donors (Lipinski definition) is 2. The number of aromatic amines is 1. The fourth-order valence-corrected chi connectivity index (χ4v) is 3.51. The first kappa shape index (κ1) is 17.9. The third kappa shape index (κ3) is 3.49. The Kier molecular flexibility index (Phi) is 4.62. The lowest BCUT2D eigenvalue weighted by atomic mass is 10.2. The molecule has 1 amide bonds. The predicted octanol–water partition coefficient (Wildman–Crippen LogP) is 4.47. The SMILES string of the molecule is COC(=O)c1ccc(C(=O)Nc2ccc3nc(-c4ccc(F)cc4)[nH]c3c2)s1. The van der Waals surface area contributed by atoms with Gasteiger partial charge in [-0.1, -0.05) is 0 Å². The van der Waals surface area contributed by atoms with Gasteiger partial charge in [0.05, 0.1) is 23.0 Å². The zero-order valence-electron chi connectivity index (χ0n) is 14.7. The first-order chi connectivity index (χ1) is 13.5. The maximum absolute atomic E-state index is 13.1. The summed E-state index contributed by atoms with van der Waals surface area (Å²) >= 11 is 1.06. The Bertz CT molecular complexity index is 1180. The lowest BCUT2D eigenvalue weighted by molar-refractivity contribution is 0.0606. The summed E-state index contributed by atoms with van der Waals surface area (Å²) in [6.45, 7) is 0. The van der Waals surface area contributed by atoms with Gasteiger partial charge in [-0.15, -0.1) is 11.3 Å². The van der Waals surface area contributed by atoms with E-state index in [2.05, 4.69) is 20.0 Å². The number of anilines is 1. The fraction of sp³-hybridized carbons (Fsp3) is 0.0500. The van der Waals surface area contributed by atoms with E-state index < -0.39 is 5.97 Å². The molecule has 28 heavy (non-hydrogen) atoms. The summed E-state index contributed by atoms with van der Waals surface area (Å²) in [6, 6.07) is 14.5. The van der Waals surface area contributed by atoms with E-state index in [1.165, 1.54) is 19.2 Å². The van der Waals surface area contributed by atoms with Crippen molar-refractivity contribution in [2.24, 2.45) is 0 Å². The summed E-state index contributed by atoms with van der Waals surface area (Å²) in [4.78, 5) is 32.3. The number of H-pyrrole nitrogens is 1. The Hall–Kier alpha value is -3.52. The number of thiophene rings is 1. The molecule has 0 unspecified atom stereocenters. The Morgan fingerprint density at radius 1 is 1.07 bits per heavy atom. The third-order valence-corrected chi connectivity index (χ3v) is 5.14. The molecular formula is C20H14FN3O3S. The summed E-state index contributed by atoms with van der Waals surface area (Å²) in [5.74, 6) is -0.498. The van der Waals surface area contributed by atoms with Crippen LogP contribution in [0.15, 0.2) is 54.6 Å². The molecule has 0 spiro atoms. The van der Waals surface area contributed by atoms with E-state index >= 15 is 0 Å². The molecular weight excluding hydrogens is 381 g/mol. The number of rotatable bonds is 4. The van der Waals surface area contributed by atoms with Gasteiger partial charge in [0.1, 0.15) is 16.5 Å². The van der Waals surface area contributed by atoms with Gasteiger partial charge in [0.15, 0.2) is 0 Å². The van der Waals surface area contributed by atoms with E-state index in [1.54, 1.807) is 42.5 Å². The van der Waals surface area contributed by atoms with Crippen molar-refractivity contribution in [1.29, 1.82) is 0 Å². The molecule has 8 heteroatoms. The summed E-state index contributed by atoms with van der Waals surface area (Å²) < 4.78 is 17.7. The van der Waals surface area contributed by atoms with Gasteiger partial charge in [-0.05, 0) is 54.6 Å². The zero-order valence-corrected chi connectivity index (χ0v) is 15.5. The first-order valence-electron chi connectivity index (χ1n) is 8.29. The summed E-state index contributed by atoms with van der Waals surface area (Å²) in [5, 5.41) is 2.80. The average molecular weight is 395 g/mol. The molecule has 0 atom stereocenters. The second-order valence-electron chi connectivity index (χ2n) is 5.93. The molecule has 2 N–H and O–H groups in total. The zero-order chi connectivity index (χ0) is 19.7. The minimum atomic E-state index is -0.476. The van der Waals surface area contributed by atoms with Crippen LogP contribution in [0.4, 0.5) is 10.1 Å². The van der Waals surface area contributed by atoms with Gasteiger partial charge in [-0.2, -0.15) is 0 Å². The monoisotopic (exact) mass is 395 g/mol. The second kappa shape index (κ2) is 7.24. The van der Waals surface area contributed by atoms with Gasteiger partial charge in [0.2, 0.25) is 0 Å². The van der Waals surface area contributed by atoms with Gasteiger partial charge in [-0.3, -0.25) is 4.79 Å². The van der Waals surface area contributed by atoms with E-state index in [0.29, 0.717) is 21.3 Å². The highest BCUT2D eigenvalue weighted by Gasteiger charge is 2.15. The van der Waals surface area contributed by atoms with Crippen molar-refractivity contribution in [3.05, 3.63) is 70.2 Å². The van der Waals surface area contributed by atoms with Crippen molar-refractivity contribution in [2.45, 2.75) is 0 Å². The number of nitrogens with zero attached hydrogens (tertiary/aromatic N) is 1. The fourth-order valence-electron chi connectivity index (χ4n) is 2.69. The minimum Gasteiger partial charge on any atom is -0.465 e. The number of nitrogens with one attached hydrogen (secondary N) is 2. The van der Waals surface area contributed by atoms with Crippen molar-refractivity contribution in [3.8, 4) is 11.4 Å². The topological polar surface area (TPSA) is 84.1 Å². The number of ether oxygens (including phenoxy) is 1. The van der Waals surface area contributed by atoms with Crippen molar-refractivity contribution in [2.75, 3.05) is 12.4 Å². The normalized spacial score (nSPS) is 10.8. The molecule has 2 aromatic carbocycles. The van der Waals surface area contributed by atoms with Gasteiger partial charge in [-0.25, -0.2) is 14.2 Å². The van der Waals surface area contributed by atoms with E-state index in [4.69, 9.17) is 0 Å². The van der Waals surface area contributed by atoms with Crippen molar-refractivity contribution in [1.82, 2.24) is 9.97 Å². The van der Waals surface area contributed by atoms with E-state index in [0.717, 1.165) is 27.9 Å². The van der Waals surface area contributed by atoms with Crippen molar-refractivity contribution in [3.63, 3.8) is 0 Å². The average Bonchev–Trinajstić information content (AvgIpc) is 3.35. The number of esters is 1. The number of aromatic nitrogens is 2. The molecule has 0 saturated carbocycles. The molecule has 0 aliphatic rings. The van der Waals surface area contributed by atoms with Crippen LogP contribution in [0.25, 0.3) is 22.4 Å². The Labute approximate surface area is 163 Å². The van der Waals surface area contributed by atoms with Crippen LogP contribution in [0.3, 0.4) is 0 Å². The van der Waals surface area contributed by atoms with E-state index in [9.17, 15) is 14.0 Å². The van der Waals surface area contributed by atoms with Crippen LogP contribution in [-0.2, 0) is 4.74 Å². The number of amides is 1. The highest BCUT2D eigenvalue weighted by atomic mass is 32.1. The van der Waals surface area contributed by atoms with Gasteiger partial charge in [0, 0.05) is 11.3 Å². The number of imidazole rings is 1. The number of benzene rings is 2. The lowest BCUT2D eigenvalue weighted by Gasteiger charge is -2.03. The Balaban J connectivity index is 1.56. The first-order valence-corrected chi connectivity index (χ1v) is 9.10. The molecule has 0 aliphatic heterocycles. The standard InChI is InChI=1S/C20H14FN3O3S/c1-27-20(26)17-9-8-16(28-17)19(25)22-13-6-7-14-15(10-13)24-18(23-14)11-2-4-12(21)5-3-11/h2-10H,1H3,(H,22,25)(H,23,24). The molecule has 0 fully saturated rings. The molecule has 0 bridgehead atoms. The predicted molar refractivity (Wildman–Crippen MR) is 105 cm³/mol. The maximum Gasteiger partial charge on any atom is 0.348 e. The molecule has 140 valence electrons. The molecule has 0 radical (unpaired) electrons. The van der Waals surface area contributed by atoms with Crippen LogP contribution in [0.2, 0.25) is 0 Å². The minimum absolute atomic E-state index is 0.311.